The van der Waals surface area contributed by atoms with Crippen LogP contribution in [0.3, 0.4) is 0 Å². The Labute approximate surface area is 97.4 Å². The molecule has 1 aromatic carbocycles. The molecule has 0 bridgehead atoms. The molecule has 1 aliphatic heterocycles. The van der Waals surface area contributed by atoms with Crippen LogP contribution in [-0.2, 0) is 4.74 Å². The molecule has 1 heterocycles. The van der Waals surface area contributed by atoms with Crippen molar-refractivity contribution in [1.29, 1.82) is 0 Å². The molecule has 0 aliphatic carbocycles. The lowest BCUT2D eigenvalue weighted by atomic mass is 10.1. The van der Waals surface area contributed by atoms with Crippen LogP contribution in [0.15, 0.2) is 24.3 Å². The minimum absolute atomic E-state index is 0. The summed E-state index contributed by atoms with van der Waals surface area (Å²) in [6.07, 6.45) is 0.0613. The Balaban J connectivity index is 0.00000112. The lowest BCUT2D eigenvalue weighted by molar-refractivity contribution is 0.0984. The van der Waals surface area contributed by atoms with Gasteiger partial charge in [0.25, 0.3) is 0 Å². The summed E-state index contributed by atoms with van der Waals surface area (Å²) in [5, 5.41) is 3.47. The minimum atomic E-state index is 0. The van der Waals surface area contributed by atoms with Crippen LogP contribution in [0.25, 0.3) is 0 Å². The maximum atomic E-state index is 5.72. The largest absolute Gasteiger partial charge is 0.357 e. The molecular weight excluding hydrogens is 210 g/mol. The smallest absolute Gasteiger partial charge is 0.135 e. The van der Waals surface area contributed by atoms with Crippen molar-refractivity contribution in [2.45, 2.75) is 32.5 Å². The fourth-order valence-corrected chi connectivity index (χ4v) is 1.78. The Bertz CT molecular complexity index is 338. The third-order valence-electron chi connectivity index (χ3n) is 2.60. The van der Waals surface area contributed by atoms with Gasteiger partial charge in [-0.05, 0) is 31.9 Å². The van der Waals surface area contributed by atoms with Crippen molar-refractivity contribution in [3.8, 4) is 0 Å². The van der Waals surface area contributed by atoms with Gasteiger partial charge in [-0.2, -0.15) is 0 Å². The number of rotatable bonds is 1. The van der Waals surface area contributed by atoms with Gasteiger partial charge in [0, 0.05) is 5.54 Å². The van der Waals surface area contributed by atoms with E-state index in [1.165, 1.54) is 11.1 Å². The first-order chi connectivity index (χ1) is 6.58. The van der Waals surface area contributed by atoms with Gasteiger partial charge >= 0.3 is 0 Å². The summed E-state index contributed by atoms with van der Waals surface area (Å²) in [6.45, 7) is 7.20. The van der Waals surface area contributed by atoms with E-state index < -0.39 is 0 Å². The van der Waals surface area contributed by atoms with E-state index in [1.807, 2.05) is 0 Å². The van der Waals surface area contributed by atoms with Crippen LogP contribution in [-0.4, -0.2) is 12.1 Å². The second-order valence-electron chi connectivity index (χ2n) is 4.58. The number of aryl methyl sites for hydroxylation is 1. The summed E-state index contributed by atoms with van der Waals surface area (Å²) in [7, 11) is 0. The minimum Gasteiger partial charge on any atom is -0.357 e. The summed E-state index contributed by atoms with van der Waals surface area (Å²) < 4.78 is 5.72. The summed E-state index contributed by atoms with van der Waals surface area (Å²) in [5.41, 5.74) is 2.62. The SMILES string of the molecule is Cc1ccccc1C1NC(C)(C)CO1.Cl. The normalized spacial score (nSPS) is 23.5. The summed E-state index contributed by atoms with van der Waals surface area (Å²) in [6, 6.07) is 8.34. The highest BCUT2D eigenvalue weighted by Crippen LogP contribution is 2.27. The first kappa shape index (κ1) is 12.5. The number of hydrogen-bond acceptors (Lipinski definition) is 2. The quantitative estimate of drug-likeness (QED) is 0.797. The summed E-state index contributed by atoms with van der Waals surface area (Å²) >= 11 is 0. The Hall–Kier alpha value is -0.570. The molecule has 1 unspecified atom stereocenters. The highest BCUT2D eigenvalue weighted by molar-refractivity contribution is 5.85. The topological polar surface area (TPSA) is 21.3 Å². The van der Waals surface area contributed by atoms with Crippen LogP contribution >= 0.6 is 12.4 Å². The molecule has 1 atom stereocenters. The Morgan fingerprint density at radius 2 is 2.00 bits per heavy atom. The molecule has 1 aromatic rings. The fourth-order valence-electron chi connectivity index (χ4n) is 1.78. The second kappa shape index (κ2) is 4.52. The van der Waals surface area contributed by atoms with Gasteiger partial charge in [0.15, 0.2) is 0 Å². The number of ether oxygens (including phenoxy) is 1. The van der Waals surface area contributed by atoms with Crippen LogP contribution < -0.4 is 5.32 Å². The summed E-state index contributed by atoms with van der Waals surface area (Å²) in [5.74, 6) is 0. The van der Waals surface area contributed by atoms with Gasteiger partial charge < -0.3 is 4.74 Å². The molecule has 0 saturated carbocycles. The van der Waals surface area contributed by atoms with Crippen molar-refractivity contribution >= 4 is 12.4 Å². The highest BCUT2D eigenvalue weighted by atomic mass is 35.5. The van der Waals surface area contributed by atoms with E-state index in [-0.39, 0.29) is 24.2 Å². The molecule has 0 spiro atoms. The molecule has 3 heteroatoms. The zero-order valence-corrected chi connectivity index (χ0v) is 10.2. The van der Waals surface area contributed by atoms with E-state index in [0.29, 0.717) is 0 Å². The van der Waals surface area contributed by atoms with Gasteiger partial charge in [-0.15, -0.1) is 12.4 Å². The van der Waals surface area contributed by atoms with Gasteiger partial charge in [-0.1, -0.05) is 24.3 Å². The van der Waals surface area contributed by atoms with E-state index in [2.05, 4.69) is 50.4 Å². The van der Waals surface area contributed by atoms with Gasteiger partial charge in [-0.3, -0.25) is 5.32 Å². The number of nitrogens with one attached hydrogen (secondary N) is 1. The van der Waals surface area contributed by atoms with Gasteiger partial charge in [0.1, 0.15) is 6.23 Å². The molecule has 0 radical (unpaired) electrons. The molecule has 0 aromatic heterocycles. The van der Waals surface area contributed by atoms with E-state index in [9.17, 15) is 0 Å². The standard InChI is InChI=1S/C12H17NO.ClH/c1-9-6-4-5-7-10(9)11-13-12(2,3)8-14-11;/h4-7,11,13H,8H2,1-3H3;1H. The lowest BCUT2D eigenvalue weighted by Gasteiger charge is -2.18. The Morgan fingerprint density at radius 1 is 1.33 bits per heavy atom. The monoisotopic (exact) mass is 227 g/mol. The molecule has 0 amide bonds. The van der Waals surface area contributed by atoms with E-state index in [4.69, 9.17) is 4.74 Å². The van der Waals surface area contributed by atoms with Crippen LogP contribution in [0.1, 0.15) is 31.2 Å². The highest BCUT2D eigenvalue weighted by Gasteiger charge is 2.32. The third-order valence-corrected chi connectivity index (χ3v) is 2.60. The first-order valence-electron chi connectivity index (χ1n) is 5.03. The van der Waals surface area contributed by atoms with E-state index >= 15 is 0 Å². The molecule has 2 rings (SSSR count). The Morgan fingerprint density at radius 3 is 2.53 bits per heavy atom. The fraction of sp³-hybridized carbons (Fsp3) is 0.500. The number of hydrogen-bond donors (Lipinski definition) is 1. The maximum Gasteiger partial charge on any atom is 0.135 e. The predicted molar refractivity (Wildman–Crippen MR) is 64.3 cm³/mol. The van der Waals surface area contributed by atoms with E-state index in [1.54, 1.807) is 0 Å². The van der Waals surface area contributed by atoms with Crippen LogP contribution in [0.2, 0.25) is 0 Å². The summed E-state index contributed by atoms with van der Waals surface area (Å²) in [4.78, 5) is 0. The van der Waals surface area contributed by atoms with Crippen molar-refractivity contribution in [3.05, 3.63) is 35.4 Å². The molecule has 2 nitrogen and oxygen atoms in total. The first-order valence-corrected chi connectivity index (χ1v) is 5.03. The molecule has 1 aliphatic rings. The zero-order valence-electron chi connectivity index (χ0n) is 9.41. The van der Waals surface area contributed by atoms with Crippen LogP contribution in [0, 0.1) is 6.92 Å². The van der Waals surface area contributed by atoms with Crippen molar-refractivity contribution < 1.29 is 4.74 Å². The molecule has 1 saturated heterocycles. The maximum absolute atomic E-state index is 5.72. The molecular formula is C12H18ClNO. The predicted octanol–water partition coefficient (Wildman–Crippen LogP) is 2.81. The van der Waals surface area contributed by atoms with Crippen molar-refractivity contribution in [2.24, 2.45) is 0 Å². The van der Waals surface area contributed by atoms with Gasteiger partial charge in [0.2, 0.25) is 0 Å². The zero-order chi connectivity index (χ0) is 10.2. The van der Waals surface area contributed by atoms with Crippen LogP contribution in [0.4, 0.5) is 0 Å². The van der Waals surface area contributed by atoms with Crippen molar-refractivity contribution in [1.82, 2.24) is 5.32 Å². The van der Waals surface area contributed by atoms with Crippen molar-refractivity contribution in [3.63, 3.8) is 0 Å². The van der Waals surface area contributed by atoms with Gasteiger partial charge in [0.05, 0.1) is 6.61 Å². The Kier molecular flexibility index (Phi) is 3.77. The molecule has 15 heavy (non-hydrogen) atoms. The molecule has 1 fully saturated rings. The van der Waals surface area contributed by atoms with Crippen LogP contribution in [0.5, 0.6) is 0 Å². The average molecular weight is 228 g/mol. The van der Waals surface area contributed by atoms with Crippen molar-refractivity contribution in [2.75, 3.05) is 6.61 Å². The molecule has 1 N–H and O–H groups in total. The average Bonchev–Trinajstić information content (AvgIpc) is 2.47. The second-order valence-corrected chi connectivity index (χ2v) is 4.58. The van der Waals surface area contributed by atoms with Gasteiger partial charge in [-0.25, -0.2) is 0 Å². The lowest BCUT2D eigenvalue weighted by Crippen LogP contribution is -2.36. The number of benzene rings is 1. The number of halogens is 1. The van der Waals surface area contributed by atoms with E-state index in [0.717, 1.165) is 6.61 Å². The molecule has 84 valence electrons. The third kappa shape index (κ3) is 2.71.